The van der Waals surface area contributed by atoms with E-state index in [1.807, 2.05) is 36.6 Å². The number of carbonyl (C=O) groups is 1. The second-order valence-electron chi connectivity index (χ2n) is 5.11. The molecule has 0 saturated carbocycles. The quantitative estimate of drug-likeness (QED) is 0.873. The van der Waals surface area contributed by atoms with Crippen LogP contribution in [0.15, 0.2) is 34.6 Å². The van der Waals surface area contributed by atoms with Gasteiger partial charge in [-0.25, -0.2) is 4.98 Å². The van der Waals surface area contributed by atoms with Crippen LogP contribution in [-0.2, 0) is 17.0 Å². The lowest BCUT2D eigenvalue weighted by molar-refractivity contribution is -0.115. The van der Waals surface area contributed by atoms with Crippen LogP contribution in [0.2, 0.25) is 0 Å². The highest BCUT2D eigenvalue weighted by Crippen LogP contribution is 2.25. The van der Waals surface area contributed by atoms with E-state index < -0.39 is 0 Å². The number of aromatic nitrogens is 1. The Morgan fingerprint density at radius 1 is 1.35 bits per heavy atom. The van der Waals surface area contributed by atoms with E-state index in [0.717, 1.165) is 38.8 Å². The van der Waals surface area contributed by atoms with E-state index in [-0.39, 0.29) is 5.91 Å². The highest BCUT2D eigenvalue weighted by atomic mass is 32.2. The minimum absolute atomic E-state index is 0.0295. The molecular formula is C16H17N3OS3. The molecule has 23 heavy (non-hydrogen) atoms. The fraction of sp³-hybridized carbons (Fsp3) is 0.312. The summed E-state index contributed by atoms with van der Waals surface area (Å²) in [6.45, 7) is 2.95. The first kappa shape index (κ1) is 16.5. The molecule has 0 saturated heterocycles. The third-order valence-electron chi connectivity index (χ3n) is 3.15. The first-order chi connectivity index (χ1) is 11.2. The molecule has 120 valence electrons. The van der Waals surface area contributed by atoms with Gasteiger partial charge in [0.05, 0.1) is 18.7 Å². The summed E-state index contributed by atoms with van der Waals surface area (Å²) in [5, 5.41) is 5.79. The second-order valence-corrected chi connectivity index (χ2v) is 8.36. The molecule has 3 rings (SSSR count). The summed E-state index contributed by atoms with van der Waals surface area (Å²) >= 11 is 5.08. The molecule has 1 aliphatic rings. The van der Waals surface area contributed by atoms with Gasteiger partial charge in [-0.2, -0.15) is 0 Å². The van der Waals surface area contributed by atoms with Gasteiger partial charge in [0, 0.05) is 22.6 Å². The molecule has 1 aromatic carbocycles. The Balaban J connectivity index is 1.49. The number of nitrogens with zero attached hydrogens (tertiary/aromatic N) is 2. The van der Waals surface area contributed by atoms with E-state index in [0.29, 0.717) is 6.42 Å². The van der Waals surface area contributed by atoms with Crippen molar-refractivity contribution in [3.63, 3.8) is 0 Å². The van der Waals surface area contributed by atoms with Crippen molar-refractivity contribution in [2.75, 3.05) is 17.6 Å². The molecule has 1 aliphatic heterocycles. The van der Waals surface area contributed by atoms with Gasteiger partial charge in [0.1, 0.15) is 9.38 Å². The Hall–Kier alpha value is -1.31. The van der Waals surface area contributed by atoms with Crippen LogP contribution in [0.25, 0.3) is 0 Å². The maximum absolute atomic E-state index is 12.1. The number of amides is 1. The third kappa shape index (κ3) is 5.09. The Labute approximate surface area is 148 Å². The van der Waals surface area contributed by atoms with Crippen molar-refractivity contribution < 1.29 is 4.79 Å². The van der Waals surface area contributed by atoms with E-state index >= 15 is 0 Å². The van der Waals surface area contributed by atoms with E-state index in [4.69, 9.17) is 0 Å². The van der Waals surface area contributed by atoms with Crippen molar-refractivity contribution in [1.29, 1.82) is 0 Å². The van der Waals surface area contributed by atoms with Gasteiger partial charge in [-0.15, -0.1) is 11.3 Å². The zero-order chi connectivity index (χ0) is 16.1. The van der Waals surface area contributed by atoms with Gasteiger partial charge in [-0.05, 0) is 19.1 Å². The summed E-state index contributed by atoms with van der Waals surface area (Å²) in [7, 11) is 0. The fourth-order valence-electron chi connectivity index (χ4n) is 2.01. The minimum Gasteiger partial charge on any atom is -0.326 e. The van der Waals surface area contributed by atoms with Gasteiger partial charge < -0.3 is 5.32 Å². The average molecular weight is 364 g/mol. The molecule has 1 N–H and O–H groups in total. The van der Waals surface area contributed by atoms with E-state index in [9.17, 15) is 4.79 Å². The maximum Gasteiger partial charge on any atom is 0.231 e. The molecule has 4 nitrogen and oxygen atoms in total. The van der Waals surface area contributed by atoms with Crippen LogP contribution in [-0.4, -0.2) is 27.6 Å². The zero-order valence-electron chi connectivity index (χ0n) is 12.7. The van der Waals surface area contributed by atoms with Crippen LogP contribution in [0.5, 0.6) is 0 Å². The molecular weight excluding hydrogens is 346 g/mol. The topological polar surface area (TPSA) is 54.4 Å². The van der Waals surface area contributed by atoms with Crippen LogP contribution in [0.3, 0.4) is 0 Å². The van der Waals surface area contributed by atoms with E-state index in [1.54, 1.807) is 34.9 Å². The highest BCUT2D eigenvalue weighted by molar-refractivity contribution is 8.38. The number of aliphatic imine (C=N–C) groups is 1. The molecule has 1 amide bonds. The minimum atomic E-state index is -0.0295. The van der Waals surface area contributed by atoms with Crippen molar-refractivity contribution in [3.8, 4) is 0 Å². The standard InChI is InChI=1S/C16H17N3OS3/c1-11-2-4-12(5-3-11)18-14(20)8-15-19-13(9-22-15)10-23-16-17-6-7-21-16/h2-5,9H,6-8,10H2,1H3,(H,18,20). The summed E-state index contributed by atoms with van der Waals surface area (Å²) < 4.78 is 1.15. The molecule has 0 bridgehead atoms. The molecule has 7 heteroatoms. The predicted molar refractivity (Wildman–Crippen MR) is 102 cm³/mol. The summed E-state index contributed by atoms with van der Waals surface area (Å²) in [5.41, 5.74) is 3.02. The normalized spacial score (nSPS) is 13.9. The number of thiazole rings is 1. The monoisotopic (exact) mass is 363 g/mol. The largest absolute Gasteiger partial charge is 0.326 e. The average Bonchev–Trinajstić information content (AvgIpc) is 3.19. The first-order valence-corrected chi connectivity index (χ1v) is 10.1. The Bertz CT molecular complexity index is 710. The van der Waals surface area contributed by atoms with Crippen LogP contribution >= 0.6 is 34.9 Å². The number of benzene rings is 1. The molecule has 0 spiro atoms. The second kappa shape index (κ2) is 7.99. The van der Waals surface area contributed by atoms with Crippen molar-refractivity contribution in [3.05, 3.63) is 45.9 Å². The lowest BCUT2D eigenvalue weighted by Crippen LogP contribution is -2.14. The number of aryl methyl sites for hydroxylation is 1. The summed E-state index contributed by atoms with van der Waals surface area (Å²) in [6, 6.07) is 7.80. The van der Waals surface area contributed by atoms with Gasteiger partial charge in [0.25, 0.3) is 0 Å². The number of rotatable bonds is 5. The van der Waals surface area contributed by atoms with Crippen molar-refractivity contribution in [1.82, 2.24) is 4.98 Å². The number of anilines is 1. The number of nitrogens with one attached hydrogen (secondary N) is 1. The Morgan fingerprint density at radius 3 is 2.91 bits per heavy atom. The molecule has 2 aromatic rings. The molecule has 0 fully saturated rings. The number of hydrogen-bond acceptors (Lipinski definition) is 6. The molecule has 2 heterocycles. The zero-order valence-corrected chi connectivity index (χ0v) is 15.2. The van der Waals surface area contributed by atoms with Gasteiger partial charge in [-0.3, -0.25) is 9.79 Å². The highest BCUT2D eigenvalue weighted by Gasteiger charge is 2.11. The van der Waals surface area contributed by atoms with Crippen LogP contribution < -0.4 is 5.32 Å². The van der Waals surface area contributed by atoms with Gasteiger partial charge in [-0.1, -0.05) is 41.2 Å². The lowest BCUT2D eigenvalue weighted by atomic mass is 10.2. The molecule has 0 unspecified atom stereocenters. The summed E-state index contributed by atoms with van der Waals surface area (Å²) in [5.74, 6) is 1.88. The van der Waals surface area contributed by atoms with Crippen LogP contribution in [0, 0.1) is 6.92 Å². The maximum atomic E-state index is 12.1. The number of thioether (sulfide) groups is 2. The van der Waals surface area contributed by atoms with Gasteiger partial charge in [0.2, 0.25) is 5.91 Å². The Kier molecular flexibility index (Phi) is 5.75. The lowest BCUT2D eigenvalue weighted by Gasteiger charge is -2.04. The summed E-state index contributed by atoms with van der Waals surface area (Å²) in [6.07, 6.45) is 0.318. The number of carbonyl (C=O) groups excluding carboxylic acids is 1. The van der Waals surface area contributed by atoms with E-state index in [2.05, 4.69) is 15.3 Å². The van der Waals surface area contributed by atoms with E-state index in [1.165, 1.54) is 5.56 Å². The van der Waals surface area contributed by atoms with Crippen molar-refractivity contribution >= 4 is 50.8 Å². The smallest absolute Gasteiger partial charge is 0.231 e. The Morgan fingerprint density at radius 2 is 2.17 bits per heavy atom. The summed E-state index contributed by atoms with van der Waals surface area (Å²) in [4.78, 5) is 21.0. The van der Waals surface area contributed by atoms with Gasteiger partial charge >= 0.3 is 0 Å². The van der Waals surface area contributed by atoms with Crippen LogP contribution in [0.4, 0.5) is 5.69 Å². The molecule has 0 atom stereocenters. The van der Waals surface area contributed by atoms with Crippen LogP contribution in [0.1, 0.15) is 16.3 Å². The number of hydrogen-bond donors (Lipinski definition) is 1. The predicted octanol–water partition coefficient (Wildman–Crippen LogP) is 3.97. The first-order valence-electron chi connectivity index (χ1n) is 7.29. The molecule has 0 radical (unpaired) electrons. The third-order valence-corrected chi connectivity index (χ3v) is 6.33. The van der Waals surface area contributed by atoms with Crippen molar-refractivity contribution in [2.24, 2.45) is 4.99 Å². The van der Waals surface area contributed by atoms with Gasteiger partial charge in [0.15, 0.2) is 0 Å². The molecule has 0 aliphatic carbocycles. The molecule has 1 aromatic heterocycles. The van der Waals surface area contributed by atoms with Crippen molar-refractivity contribution in [2.45, 2.75) is 19.1 Å². The SMILES string of the molecule is Cc1ccc(NC(=O)Cc2nc(CSC3=NCCS3)cs2)cc1. The fourth-order valence-corrected chi connectivity index (χ4v) is 4.81.